The standard InChI is InChI=1S/C19H29N5O/c1-13-9-15(22-17(21-13)23-7-5-4-6-8-23)24-10-14-18(2,3)11-19(14,12-24)16(20)25/h9,14H,4-8,10-12H2,1-3H3,(H2,20,25)/t14-,19+/m1/s1. The van der Waals surface area contributed by atoms with Gasteiger partial charge in [-0.25, -0.2) is 4.98 Å². The Bertz CT molecular complexity index is 697. The van der Waals surface area contributed by atoms with E-state index >= 15 is 0 Å². The van der Waals surface area contributed by atoms with E-state index in [1.54, 1.807) is 0 Å². The highest BCUT2D eigenvalue weighted by atomic mass is 16.1. The van der Waals surface area contributed by atoms with Crippen molar-refractivity contribution in [3.05, 3.63) is 11.8 Å². The van der Waals surface area contributed by atoms with E-state index in [9.17, 15) is 4.79 Å². The number of nitrogens with zero attached hydrogens (tertiary/aromatic N) is 4. The summed E-state index contributed by atoms with van der Waals surface area (Å²) in [7, 11) is 0. The minimum Gasteiger partial charge on any atom is -0.369 e. The average Bonchev–Trinajstić information content (AvgIpc) is 2.91. The molecule has 3 fully saturated rings. The minimum atomic E-state index is -0.381. The monoisotopic (exact) mass is 343 g/mol. The molecule has 136 valence electrons. The number of anilines is 2. The van der Waals surface area contributed by atoms with Crippen LogP contribution in [-0.2, 0) is 4.79 Å². The number of primary amides is 1. The van der Waals surface area contributed by atoms with Crippen LogP contribution in [-0.4, -0.2) is 42.1 Å². The van der Waals surface area contributed by atoms with Gasteiger partial charge in [0.05, 0.1) is 5.41 Å². The van der Waals surface area contributed by atoms with E-state index in [1.807, 2.05) is 13.0 Å². The lowest BCUT2D eigenvalue weighted by atomic mass is 9.48. The van der Waals surface area contributed by atoms with Crippen LogP contribution < -0.4 is 15.5 Å². The molecule has 0 aromatic carbocycles. The summed E-state index contributed by atoms with van der Waals surface area (Å²) in [5.74, 6) is 1.94. The van der Waals surface area contributed by atoms with Crippen LogP contribution in [0.5, 0.6) is 0 Å². The van der Waals surface area contributed by atoms with Gasteiger partial charge in [0.15, 0.2) is 0 Å². The molecule has 0 radical (unpaired) electrons. The lowest BCUT2D eigenvalue weighted by molar-refractivity contribution is -0.148. The summed E-state index contributed by atoms with van der Waals surface area (Å²) in [6.07, 6.45) is 4.58. The third-order valence-electron chi connectivity index (χ3n) is 6.54. The molecule has 1 aromatic rings. The van der Waals surface area contributed by atoms with Crippen LogP contribution in [0.15, 0.2) is 6.07 Å². The fourth-order valence-electron chi connectivity index (χ4n) is 5.33. The minimum absolute atomic E-state index is 0.152. The molecule has 2 N–H and O–H groups in total. The van der Waals surface area contributed by atoms with Gasteiger partial charge in [0, 0.05) is 37.9 Å². The Morgan fingerprint density at radius 3 is 2.52 bits per heavy atom. The highest BCUT2D eigenvalue weighted by Crippen LogP contribution is 2.62. The van der Waals surface area contributed by atoms with Crippen molar-refractivity contribution in [3.8, 4) is 0 Å². The molecule has 1 amide bonds. The Hall–Kier alpha value is -1.85. The zero-order valence-corrected chi connectivity index (χ0v) is 15.6. The van der Waals surface area contributed by atoms with E-state index in [-0.39, 0.29) is 16.7 Å². The molecule has 1 aliphatic carbocycles. The van der Waals surface area contributed by atoms with Gasteiger partial charge in [-0.1, -0.05) is 13.8 Å². The van der Waals surface area contributed by atoms with Crippen molar-refractivity contribution < 1.29 is 4.79 Å². The van der Waals surface area contributed by atoms with E-state index in [1.165, 1.54) is 19.3 Å². The number of carbonyl (C=O) groups excluding carboxylic acids is 1. The first-order chi connectivity index (χ1) is 11.8. The highest BCUT2D eigenvalue weighted by molar-refractivity contribution is 5.84. The molecule has 0 spiro atoms. The summed E-state index contributed by atoms with van der Waals surface area (Å²) in [5.41, 5.74) is 6.58. The number of aryl methyl sites for hydroxylation is 1. The van der Waals surface area contributed by atoms with Crippen LogP contribution in [0, 0.1) is 23.7 Å². The first-order valence-electron chi connectivity index (χ1n) is 9.47. The van der Waals surface area contributed by atoms with Crippen molar-refractivity contribution in [2.75, 3.05) is 36.0 Å². The van der Waals surface area contributed by atoms with Crippen LogP contribution in [0.3, 0.4) is 0 Å². The second-order valence-corrected chi connectivity index (χ2v) is 8.83. The van der Waals surface area contributed by atoms with Gasteiger partial charge in [-0.15, -0.1) is 0 Å². The quantitative estimate of drug-likeness (QED) is 0.910. The van der Waals surface area contributed by atoms with Crippen LogP contribution in [0.2, 0.25) is 0 Å². The fraction of sp³-hybridized carbons (Fsp3) is 0.737. The van der Waals surface area contributed by atoms with Crippen LogP contribution in [0.1, 0.15) is 45.2 Å². The Kier molecular flexibility index (Phi) is 3.71. The molecule has 1 aromatic heterocycles. The molecule has 6 nitrogen and oxygen atoms in total. The third kappa shape index (κ3) is 2.57. The lowest BCUT2D eigenvalue weighted by Crippen LogP contribution is -2.59. The Morgan fingerprint density at radius 1 is 1.20 bits per heavy atom. The Labute approximate surface area is 149 Å². The summed E-state index contributed by atoms with van der Waals surface area (Å²) in [5, 5.41) is 0. The molecular weight excluding hydrogens is 314 g/mol. The second kappa shape index (κ2) is 5.58. The highest BCUT2D eigenvalue weighted by Gasteiger charge is 2.66. The van der Waals surface area contributed by atoms with Crippen molar-refractivity contribution in [2.24, 2.45) is 22.5 Å². The third-order valence-corrected chi connectivity index (χ3v) is 6.54. The molecule has 4 rings (SSSR count). The molecule has 2 atom stereocenters. The van der Waals surface area contributed by atoms with Crippen molar-refractivity contribution in [1.82, 2.24) is 9.97 Å². The molecule has 6 heteroatoms. The molecule has 0 bridgehead atoms. The molecule has 2 saturated heterocycles. The van der Waals surface area contributed by atoms with Crippen LogP contribution in [0.25, 0.3) is 0 Å². The number of piperidine rings is 1. The Morgan fingerprint density at radius 2 is 1.92 bits per heavy atom. The molecule has 3 heterocycles. The number of rotatable bonds is 3. The second-order valence-electron chi connectivity index (χ2n) is 8.83. The smallest absolute Gasteiger partial charge is 0.227 e. The number of carbonyl (C=O) groups is 1. The van der Waals surface area contributed by atoms with Crippen molar-refractivity contribution in [2.45, 2.75) is 46.5 Å². The Balaban J connectivity index is 1.62. The van der Waals surface area contributed by atoms with E-state index in [0.717, 1.165) is 43.5 Å². The van der Waals surface area contributed by atoms with Gasteiger partial charge in [-0.3, -0.25) is 4.79 Å². The number of fused-ring (bicyclic) bond motifs is 1. The van der Waals surface area contributed by atoms with E-state index in [0.29, 0.717) is 12.5 Å². The molecule has 2 aliphatic heterocycles. The van der Waals surface area contributed by atoms with Gasteiger partial charge in [-0.2, -0.15) is 4.98 Å². The van der Waals surface area contributed by atoms with Crippen molar-refractivity contribution in [1.29, 1.82) is 0 Å². The SMILES string of the molecule is Cc1cc(N2C[C@@H]3C(C)(C)C[C@]3(C(N)=O)C2)nc(N2CCCCC2)n1. The van der Waals surface area contributed by atoms with Gasteiger partial charge in [0.25, 0.3) is 0 Å². The first-order valence-corrected chi connectivity index (χ1v) is 9.47. The maximum Gasteiger partial charge on any atom is 0.227 e. The zero-order chi connectivity index (χ0) is 17.8. The summed E-state index contributed by atoms with van der Waals surface area (Å²) in [6, 6.07) is 2.04. The zero-order valence-electron chi connectivity index (χ0n) is 15.6. The normalized spacial score (nSPS) is 30.8. The van der Waals surface area contributed by atoms with E-state index in [2.05, 4.69) is 28.6 Å². The summed E-state index contributed by atoms with van der Waals surface area (Å²) >= 11 is 0. The molecular formula is C19H29N5O. The number of hydrogen-bond donors (Lipinski definition) is 1. The van der Waals surface area contributed by atoms with Crippen LogP contribution >= 0.6 is 0 Å². The van der Waals surface area contributed by atoms with E-state index in [4.69, 9.17) is 10.7 Å². The summed E-state index contributed by atoms with van der Waals surface area (Å²) < 4.78 is 0. The topological polar surface area (TPSA) is 75.3 Å². The maximum atomic E-state index is 12.2. The lowest BCUT2D eigenvalue weighted by Gasteiger charge is -2.54. The first kappa shape index (κ1) is 16.6. The predicted molar refractivity (Wildman–Crippen MR) is 98.6 cm³/mol. The van der Waals surface area contributed by atoms with Gasteiger partial charge < -0.3 is 15.5 Å². The fourth-order valence-corrected chi connectivity index (χ4v) is 5.33. The van der Waals surface area contributed by atoms with Gasteiger partial charge in [0.2, 0.25) is 11.9 Å². The maximum absolute atomic E-state index is 12.2. The molecule has 3 aliphatic rings. The van der Waals surface area contributed by atoms with Gasteiger partial charge in [-0.05, 0) is 43.9 Å². The number of aromatic nitrogens is 2. The van der Waals surface area contributed by atoms with Gasteiger partial charge in [0.1, 0.15) is 5.82 Å². The predicted octanol–water partition coefficient (Wildman–Crippen LogP) is 2.11. The number of hydrogen-bond acceptors (Lipinski definition) is 5. The average molecular weight is 343 g/mol. The van der Waals surface area contributed by atoms with Crippen molar-refractivity contribution in [3.63, 3.8) is 0 Å². The summed E-state index contributed by atoms with van der Waals surface area (Å²) in [6.45, 7) is 10.1. The molecule has 25 heavy (non-hydrogen) atoms. The molecule has 0 unspecified atom stereocenters. The summed E-state index contributed by atoms with van der Waals surface area (Å²) in [4.78, 5) is 26.3. The van der Waals surface area contributed by atoms with Crippen LogP contribution in [0.4, 0.5) is 11.8 Å². The number of nitrogens with two attached hydrogens (primary N) is 1. The number of amides is 1. The van der Waals surface area contributed by atoms with Crippen molar-refractivity contribution >= 4 is 17.7 Å². The largest absolute Gasteiger partial charge is 0.369 e. The van der Waals surface area contributed by atoms with E-state index < -0.39 is 0 Å². The van der Waals surface area contributed by atoms with Gasteiger partial charge >= 0.3 is 0 Å². The molecule has 1 saturated carbocycles.